The summed E-state index contributed by atoms with van der Waals surface area (Å²) in [5.41, 5.74) is -0.685. The maximum atomic E-state index is 13.4. The largest absolute Gasteiger partial charge is 0.381 e. The van der Waals surface area contributed by atoms with Crippen LogP contribution in [0.1, 0.15) is 6.92 Å². The van der Waals surface area contributed by atoms with Gasteiger partial charge in [0.05, 0.1) is 12.4 Å². The third-order valence-corrected chi connectivity index (χ3v) is 3.64. The Morgan fingerprint density at radius 2 is 1.89 bits per heavy atom. The first-order valence-corrected chi connectivity index (χ1v) is 7.53. The molecule has 1 rings (SSSR count). The van der Waals surface area contributed by atoms with Crippen molar-refractivity contribution < 1.29 is 21.9 Å². The second-order valence-corrected chi connectivity index (χ2v) is 6.12. The van der Waals surface area contributed by atoms with Crippen molar-refractivity contribution in [3.8, 4) is 0 Å². The van der Waals surface area contributed by atoms with Gasteiger partial charge in [0.25, 0.3) is 0 Å². The van der Waals surface area contributed by atoms with E-state index >= 15 is 0 Å². The molecule has 0 atom stereocenters. The van der Waals surface area contributed by atoms with Gasteiger partial charge in [0.2, 0.25) is 10.0 Å². The Bertz CT molecular complexity index is 499. The zero-order valence-electron chi connectivity index (χ0n) is 9.54. The van der Waals surface area contributed by atoms with E-state index < -0.39 is 27.3 Å². The van der Waals surface area contributed by atoms with Crippen molar-refractivity contribution in [2.24, 2.45) is 0 Å². The lowest BCUT2D eigenvalue weighted by molar-refractivity contribution is 0.163. The predicted octanol–water partition coefficient (Wildman–Crippen LogP) is 2.51. The first-order chi connectivity index (χ1) is 8.35. The van der Waals surface area contributed by atoms with E-state index in [1.165, 1.54) is 0 Å². The van der Waals surface area contributed by atoms with Crippen LogP contribution in [0.2, 0.25) is 0 Å². The van der Waals surface area contributed by atoms with E-state index in [0.717, 1.165) is 12.1 Å². The molecule has 102 valence electrons. The van der Waals surface area contributed by atoms with Gasteiger partial charge in [-0.25, -0.2) is 17.2 Å². The van der Waals surface area contributed by atoms with Crippen LogP contribution in [-0.4, -0.2) is 27.4 Å². The Hall–Kier alpha value is -0.730. The van der Waals surface area contributed by atoms with Crippen molar-refractivity contribution in [1.29, 1.82) is 0 Å². The van der Waals surface area contributed by atoms with E-state index in [4.69, 9.17) is 4.74 Å². The summed E-state index contributed by atoms with van der Waals surface area (Å²) in [5, 5.41) is 0. The molecule has 8 heteroatoms. The molecule has 0 aliphatic carbocycles. The average molecular weight is 344 g/mol. The van der Waals surface area contributed by atoms with Gasteiger partial charge in [-0.2, -0.15) is 0 Å². The molecule has 0 radical (unpaired) electrons. The van der Waals surface area contributed by atoms with Crippen molar-refractivity contribution in [2.45, 2.75) is 6.92 Å². The molecule has 1 N–H and O–H groups in total. The Balaban J connectivity index is 2.84. The maximum Gasteiger partial charge on any atom is 0.235 e. The number of hydrogen-bond donors (Lipinski definition) is 1. The van der Waals surface area contributed by atoms with Gasteiger partial charge in [0, 0.05) is 11.1 Å². The average Bonchev–Trinajstić information content (AvgIpc) is 2.23. The molecule has 18 heavy (non-hydrogen) atoms. The standard InChI is InChI=1S/C10H12BrF2NO3S/c1-2-17-3-4-18(15,16)14-10-8(12)5-7(11)6-9(10)13/h5-6,14H,2-4H2,1H3. The van der Waals surface area contributed by atoms with Crippen LogP contribution in [-0.2, 0) is 14.8 Å². The van der Waals surface area contributed by atoms with Gasteiger partial charge in [-0.05, 0) is 19.1 Å². The normalized spacial score (nSPS) is 11.6. The molecule has 0 spiro atoms. The van der Waals surface area contributed by atoms with E-state index in [1.54, 1.807) is 6.92 Å². The molecule has 0 saturated heterocycles. The molecule has 0 unspecified atom stereocenters. The molecule has 0 heterocycles. The van der Waals surface area contributed by atoms with Crippen LogP contribution in [0.4, 0.5) is 14.5 Å². The highest BCUT2D eigenvalue weighted by Crippen LogP contribution is 2.24. The zero-order chi connectivity index (χ0) is 13.8. The molecule has 0 amide bonds. The number of nitrogens with one attached hydrogen (secondary N) is 1. The summed E-state index contributed by atoms with van der Waals surface area (Å²) >= 11 is 2.90. The second-order valence-electron chi connectivity index (χ2n) is 3.36. The maximum absolute atomic E-state index is 13.4. The smallest absolute Gasteiger partial charge is 0.235 e. The number of hydrogen-bond acceptors (Lipinski definition) is 3. The lowest BCUT2D eigenvalue weighted by atomic mass is 10.3. The molecule has 0 bridgehead atoms. The minimum absolute atomic E-state index is 0.0361. The van der Waals surface area contributed by atoms with E-state index in [9.17, 15) is 17.2 Å². The molecule has 0 aliphatic rings. The monoisotopic (exact) mass is 343 g/mol. The molecule has 1 aromatic rings. The van der Waals surface area contributed by atoms with Crippen molar-refractivity contribution in [1.82, 2.24) is 0 Å². The van der Waals surface area contributed by atoms with Gasteiger partial charge in [-0.3, -0.25) is 4.72 Å². The molecule has 0 saturated carbocycles. The fourth-order valence-electron chi connectivity index (χ4n) is 1.16. The van der Waals surface area contributed by atoms with Crippen molar-refractivity contribution >= 4 is 31.6 Å². The predicted molar refractivity (Wildman–Crippen MR) is 68.0 cm³/mol. The summed E-state index contributed by atoms with van der Waals surface area (Å²) in [4.78, 5) is 0. The fraction of sp³-hybridized carbons (Fsp3) is 0.400. The van der Waals surface area contributed by atoms with Crippen LogP contribution in [0.15, 0.2) is 16.6 Å². The number of halogens is 3. The zero-order valence-corrected chi connectivity index (χ0v) is 11.9. The number of rotatable bonds is 6. The van der Waals surface area contributed by atoms with Crippen LogP contribution in [0.5, 0.6) is 0 Å². The summed E-state index contributed by atoms with van der Waals surface area (Å²) in [5.74, 6) is -2.33. The van der Waals surface area contributed by atoms with Gasteiger partial charge < -0.3 is 4.74 Å². The molecule has 0 aliphatic heterocycles. The highest BCUT2D eigenvalue weighted by atomic mass is 79.9. The Morgan fingerprint density at radius 1 is 1.33 bits per heavy atom. The number of benzene rings is 1. The highest BCUT2D eigenvalue weighted by molar-refractivity contribution is 9.10. The van der Waals surface area contributed by atoms with Crippen molar-refractivity contribution in [2.75, 3.05) is 23.7 Å². The van der Waals surface area contributed by atoms with Gasteiger partial charge in [0.15, 0.2) is 11.6 Å². The number of ether oxygens (including phenoxy) is 1. The Labute approximate surface area is 113 Å². The number of anilines is 1. The van der Waals surface area contributed by atoms with Gasteiger partial charge in [0.1, 0.15) is 5.69 Å². The summed E-state index contributed by atoms with van der Waals surface area (Å²) in [6.07, 6.45) is 0. The van der Waals surface area contributed by atoms with Crippen molar-refractivity contribution in [3.63, 3.8) is 0 Å². The second kappa shape index (κ2) is 6.44. The lowest BCUT2D eigenvalue weighted by Crippen LogP contribution is -2.21. The van der Waals surface area contributed by atoms with Crippen LogP contribution in [0, 0.1) is 11.6 Å². The third-order valence-electron chi connectivity index (χ3n) is 1.96. The third kappa shape index (κ3) is 4.51. The van der Waals surface area contributed by atoms with E-state index in [1.807, 2.05) is 4.72 Å². The van der Waals surface area contributed by atoms with E-state index in [-0.39, 0.29) is 16.8 Å². The summed E-state index contributed by atoms with van der Waals surface area (Å²) in [7, 11) is -3.84. The minimum atomic E-state index is -3.84. The number of sulfonamides is 1. The topological polar surface area (TPSA) is 55.4 Å². The molecule has 1 aromatic carbocycles. The summed E-state index contributed by atoms with van der Waals surface area (Å²) in [6.45, 7) is 2.05. The minimum Gasteiger partial charge on any atom is -0.381 e. The lowest BCUT2D eigenvalue weighted by Gasteiger charge is -2.10. The quantitative estimate of drug-likeness (QED) is 0.807. The molecular formula is C10H12BrF2NO3S. The SMILES string of the molecule is CCOCCS(=O)(=O)Nc1c(F)cc(Br)cc1F. The van der Waals surface area contributed by atoms with Gasteiger partial charge >= 0.3 is 0 Å². The fourth-order valence-corrected chi connectivity index (χ4v) is 2.51. The molecule has 4 nitrogen and oxygen atoms in total. The Morgan fingerprint density at radius 3 is 2.39 bits per heavy atom. The summed E-state index contributed by atoms with van der Waals surface area (Å²) in [6, 6.07) is 1.95. The summed E-state index contributed by atoms with van der Waals surface area (Å²) < 4.78 is 56.8. The van der Waals surface area contributed by atoms with Crippen molar-refractivity contribution in [3.05, 3.63) is 28.2 Å². The molecule has 0 aromatic heterocycles. The molecule has 0 fully saturated rings. The van der Waals surface area contributed by atoms with Crippen LogP contribution in [0.3, 0.4) is 0 Å². The highest BCUT2D eigenvalue weighted by Gasteiger charge is 2.17. The van der Waals surface area contributed by atoms with E-state index in [0.29, 0.717) is 6.61 Å². The van der Waals surface area contributed by atoms with E-state index in [2.05, 4.69) is 15.9 Å². The van der Waals surface area contributed by atoms with Crippen LogP contribution >= 0.6 is 15.9 Å². The van der Waals surface area contributed by atoms with Gasteiger partial charge in [-0.15, -0.1) is 0 Å². The molecular weight excluding hydrogens is 332 g/mol. The Kier molecular flexibility index (Phi) is 5.48. The first kappa shape index (κ1) is 15.3. The first-order valence-electron chi connectivity index (χ1n) is 5.08. The van der Waals surface area contributed by atoms with Gasteiger partial charge in [-0.1, -0.05) is 15.9 Å². The van der Waals surface area contributed by atoms with Crippen LogP contribution in [0.25, 0.3) is 0 Å². The van der Waals surface area contributed by atoms with Crippen LogP contribution < -0.4 is 4.72 Å².